The van der Waals surface area contributed by atoms with Crippen LogP contribution in [0.4, 0.5) is 5.13 Å². The van der Waals surface area contributed by atoms with E-state index in [9.17, 15) is 29.2 Å². The summed E-state index contributed by atoms with van der Waals surface area (Å²) in [6, 6.07) is -2.51. The lowest BCUT2D eigenvalue weighted by Crippen LogP contribution is -2.70. The molecule has 0 radical (unpaired) electrons. The molecule has 0 bridgehead atoms. The molecule has 3 unspecified atom stereocenters. The number of likely N-dealkylation sites (N-methyl/N-ethyl adjacent to an activating group) is 1. The number of β-lactam (4-membered cyclic amide) rings is 1. The third kappa shape index (κ3) is 4.66. The van der Waals surface area contributed by atoms with E-state index in [1.807, 2.05) is 0 Å². The van der Waals surface area contributed by atoms with E-state index in [-0.39, 0.29) is 28.2 Å². The number of nitrogen functional groups attached to an aromatic ring is 1. The van der Waals surface area contributed by atoms with E-state index in [4.69, 9.17) is 5.73 Å². The quantitative estimate of drug-likeness (QED) is 0.190. The Bertz CT molecular complexity index is 1150. The Hall–Kier alpha value is -3.30. The second-order valence-corrected chi connectivity index (χ2v) is 10.0. The van der Waals surface area contributed by atoms with Gasteiger partial charge in [-0.25, -0.2) is 9.78 Å². The summed E-state index contributed by atoms with van der Waals surface area (Å²) < 4.78 is 0. The zero-order chi connectivity index (χ0) is 25.3. The number of nitrogens with zero attached hydrogens (tertiary/aromatic N) is 4. The predicted octanol–water partition coefficient (Wildman–Crippen LogP) is -0.350. The van der Waals surface area contributed by atoms with Gasteiger partial charge < -0.3 is 26.4 Å². The van der Waals surface area contributed by atoms with Crippen LogP contribution >= 0.6 is 23.1 Å². The van der Waals surface area contributed by atoms with Gasteiger partial charge >= 0.3 is 5.97 Å². The Morgan fingerprint density at radius 3 is 2.83 bits per heavy atom. The fourth-order valence-electron chi connectivity index (χ4n) is 4.12. The number of carbonyl (C=O) groups is 4. The maximum atomic E-state index is 12.9. The number of hydrogen-bond acceptors (Lipinski definition) is 11. The molecule has 0 spiro atoms. The van der Waals surface area contributed by atoms with Crippen molar-refractivity contribution >= 4 is 51.9 Å². The minimum Gasteiger partial charge on any atom is -0.477 e. The van der Waals surface area contributed by atoms with E-state index in [0.717, 1.165) is 16.2 Å². The number of hydrogen-bond donors (Lipinski definition) is 4. The second kappa shape index (κ2) is 10.1. The number of rotatable bonds is 9. The predicted molar refractivity (Wildman–Crippen MR) is 128 cm³/mol. The van der Waals surface area contributed by atoms with Crippen molar-refractivity contribution < 1.29 is 24.3 Å². The summed E-state index contributed by atoms with van der Waals surface area (Å²) in [5, 5.41) is 19.0. The molecule has 3 atom stereocenters. The number of aliphatic carboxylic acids is 1. The molecule has 13 nitrogen and oxygen atoms in total. The Labute approximate surface area is 207 Å². The number of thioether (sulfide) groups is 1. The molecule has 2 fully saturated rings. The smallest absolute Gasteiger partial charge is 0.352 e. The first-order valence-electron chi connectivity index (χ1n) is 10.7. The number of amides is 3. The fraction of sp³-hybridized carbons (Fsp3) is 0.450. The SMILES string of the molecule is CNCCN1CCC(=CC2=C(C(=O)O)N3C(=O)C(NC(=O)C(N=O)c4csc(N)n4)C3SC2)C1=O. The first kappa shape index (κ1) is 24.8. The van der Waals surface area contributed by atoms with Crippen molar-refractivity contribution in [3.8, 4) is 0 Å². The van der Waals surface area contributed by atoms with Crippen LogP contribution in [0.3, 0.4) is 0 Å². The number of likely N-dealkylation sites (tertiary alicyclic amines) is 1. The number of carboxylic acid groups (broad SMARTS) is 1. The van der Waals surface area contributed by atoms with E-state index in [0.29, 0.717) is 37.2 Å². The van der Waals surface area contributed by atoms with Crippen molar-refractivity contribution in [2.24, 2.45) is 5.18 Å². The van der Waals surface area contributed by atoms with Crippen molar-refractivity contribution in [3.05, 3.63) is 38.9 Å². The molecule has 5 N–H and O–H groups in total. The van der Waals surface area contributed by atoms with Gasteiger partial charge in [0.2, 0.25) is 11.9 Å². The van der Waals surface area contributed by atoms with E-state index >= 15 is 0 Å². The van der Waals surface area contributed by atoms with Crippen LogP contribution in [0.15, 0.2) is 33.5 Å². The number of anilines is 1. The van der Waals surface area contributed by atoms with Crippen LogP contribution in [0.2, 0.25) is 0 Å². The van der Waals surface area contributed by atoms with Crippen LogP contribution in [-0.2, 0) is 19.2 Å². The van der Waals surface area contributed by atoms with Gasteiger partial charge in [-0.05, 0) is 30.3 Å². The molecule has 186 valence electrons. The highest BCUT2D eigenvalue weighted by Gasteiger charge is 2.54. The molecule has 4 heterocycles. The van der Waals surface area contributed by atoms with Gasteiger partial charge in [0.1, 0.15) is 17.1 Å². The monoisotopic (exact) mass is 521 g/mol. The van der Waals surface area contributed by atoms with E-state index < -0.39 is 35.2 Å². The topological polar surface area (TPSA) is 187 Å². The van der Waals surface area contributed by atoms with Gasteiger partial charge in [0.05, 0.1) is 5.69 Å². The van der Waals surface area contributed by atoms with Gasteiger partial charge in [-0.3, -0.25) is 19.3 Å². The fourth-order valence-corrected chi connectivity index (χ4v) is 6.01. The number of carboxylic acids is 1. The summed E-state index contributed by atoms with van der Waals surface area (Å²) in [5.41, 5.74) is 6.27. The van der Waals surface area contributed by atoms with Crippen molar-refractivity contribution in [1.82, 2.24) is 25.4 Å². The zero-order valence-electron chi connectivity index (χ0n) is 18.6. The molecule has 0 aromatic carbocycles. The molecule has 0 aliphatic carbocycles. The first-order valence-corrected chi connectivity index (χ1v) is 12.6. The second-order valence-electron chi connectivity index (χ2n) is 8.01. The number of nitroso groups, excluding NO2 is 1. The lowest BCUT2D eigenvalue weighted by molar-refractivity contribution is -0.150. The molecule has 1 aromatic heterocycles. The molecular weight excluding hydrogens is 498 g/mol. The van der Waals surface area contributed by atoms with Crippen LogP contribution in [0.1, 0.15) is 18.2 Å². The van der Waals surface area contributed by atoms with Crippen molar-refractivity contribution in [2.75, 3.05) is 38.2 Å². The standard InChI is InChI=1S/C20H23N7O6S2/c1-22-3-5-26-4-2-9(16(26)29)6-10-7-34-18-13(17(30)27(18)14(10)19(31)32)24-15(28)12(25-33)11-8-35-20(21)23-11/h6,8,12-13,18,22H,2-5,7H2,1H3,(H2,21,23)(H,24,28)(H,31,32). The number of fused-ring (bicyclic) bond motifs is 1. The molecule has 1 aromatic rings. The highest BCUT2D eigenvalue weighted by molar-refractivity contribution is 8.00. The van der Waals surface area contributed by atoms with Gasteiger partial charge in [-0.1, -0.05) is 0 Å². The Kier molecular flexibility index (Phi) is 7.18. The van der Waals surface area contributed by atoms with Gasteiger partial charge in [-0.2, -0.15) is 0 Å². The maximum absolute atomic E-state index is 12.9. The molecule has 35 heavy (non-hydrogen) atoms. The molecular formula is C20H23N7O6S2. The highest BCUT2D eigenvalue weighted by Crippen LogP contribution is 2.41. The lowest BCUT2D eigenvalue weighted by Gasteiger charge is -2.49. The Balaban J connectivity index is 1.50. The number of aromatic nitrogens is 1. The number of nitrogens with one attached hydrogen (secondary N) is 2. The third-order valence-electron chi connectivity index (χ3n) is 5.86. The molecule has 3 aliphatic rings. The summed E-state index contributed by atoms with van der Waals surface area (Å²) in [6.45, 7) is 1.74. The summed E-state index contributed by atoms with van der Waals surface area (Å²) in [5.74, 6) is -2.67. The van der Waals surface area contributed by atoms with Gasteiger partial charge in [0, 0.05) is 36.3 Å². The average Bonchev–Trinajstić information content (AvgIpc) is 3.41. The summed E-state index contributed by atoms with van der Waals surface area (Å²) in [7, 11) is 1.79. The minimum absolute atomic E-state index is 0.0740. The number of nitrogens with two attached hydrogens (primary N) is 1. The number of carbonyl (C=O) groups excluding carboxylic acids is 3. The molecule has 0 saturated carbocycles. The van der Waals surface area contributed by atoms with Crippen LogP contribution < -0.4 is 16.4 Å². The molecule has 2 saturated heterocycles. The molecule has 15 heteroatoms. The van der Waals surface area contributed by atoms with Crippen molar-refractivity contribution in [1.29, 1.82) is 0 Å². The number of thiazole rings is 1. The highest BCUT2D eigenvalue weighted by atomic mass is 32.2. The minimum atomic E-state index is -1.48. The first-order chi connectivity index (χ1) is 16.8. The van der Waals surface area contributed by atoms with Gasteiger partial charge in [0.25, 0.3) is 11.8 Å². The third-order valence-corrected chi connectivity index (χ3v) is 7.86. The maximum Gasteiger partial charge on any atom is 0.352 e. The average molecular weight is 522 g/mol. The summed E-state index contributed by atoms with van der Waals surface area (Å²) in [6.07, 6.45) is 2.05. The van der Waals surface area contributed by atoms with E-state index in [1.165, 1.54) is 17.1 Å². The number of allylic oxidation sites excluding steroid dienone is 1. The van der Waals surface area contributed by atoms with E-state index in [2.05, 4.69) is 20.8 Å². The Morgan fingerprint density at radius 2 is 2.20 bits per heavy atom. The summed E-state index contributed by atoms with van der Waals surface area (Å²) >= 11 is 2.31. The molecule has 3 aliphatic heterocycles. The van der Waals surface area contributed by atoms with Gasteiger partial charge in [-0.15, -0.1) is 28.0 Å². The molecule has 3 amide bonds. The van der Waals surface area contributed by atoms with E-state index in [1.54, 1.807) is 18.0 Å². The molecule has 4 rings (SSSR count). The van der Waals surface area contributed by atoms with Gasteiger partial charge in [0.15, 0.2) is 5.13 Å². The van der Waals surface area contributed by atoms with Crippen molar-refractivity contribution in [3.63, 3.8) is 0 Å². The summed E-state index contributed by atoms with van der Waals surface area (Å²) in [4.78, 5) is 68.1. The van der Waals surface area contributed by atoms with Crippen LogP contribution in [0.25, 0.3) is 0 Å². The van der Waals surface area contributed by atoms with Crippen LogP contribution in [0.5, 0.6) is 0 Å². The van der Waals surface area contributed by atoms with Crippen LogP contribution in [0, 0.1) is 4.91 Å². The lowest BCUT2D eigenvalue weighted by atomic mass is 10.0. The largest absolute Gasteiger partial charge is 0.477 e. The Morgan fingerprint density at radius 1 is 1.43 bits per heavy atom. The van der Waals surface area contributed by atoms with Crippen LogP contribution in [-0.4, -0.2) is 87.4 Å². The zero-order valence-corrected chi connectivity index (χ0v) is 20.2. The normalized spacial score (nSPS) is 23.9. The van der Waals surface area contributed by atoms with Crippen molar-refractivity contribution in [2.45, 2.75) is 23.9 Å².